The summed E-state index contributed by atoms with van der Waals surface area (Å²) in [6.07, 6.45) is 3.28. The van der Waals surface area contributed by atoms with E-state index in [9.17, 15) is 4.79 Å². The standard InChI is InChI=1S/C22H25N3O3S/c1-27-15-10-11-16(19(13-15)28-2)23-21(26)14-25-12-6-5-8-18(25)22-24-17-7-3-4-9-20(17)29-22/h3-4,7,9-11,13,18H,5-6,8,12,14H2,1-2H3,(H,23,26)/t18-/m1/s1. The fourth-order valence-electron chi connectivity index (χ4n) is 3.77. The Bertz CT molecular complexity index is 971. The third kappa shape index (κ3) is 4.36. The number of thiazole rings is 1. The van der Waals surface area contributed by atoms with Crippen molar-refractivity contribution in [2.45, 2.75) is 25.3 Å². The number of likely N-dealkylation sites (tertiary alicyclic amines) is 1. The number of nitrogens with zero attached hydrogens (tertiary/aromatic N) is 2. The van der Waals surface area contributed by atoms with E-state index < -0.39 is 0 Å². The van der Waals surface area contributed by atoms with Crippen LogP contribution in [0.2, 0.25) is 0 Å². The minimum Gasteiger partial charge on any atom is -0.497 e. The van der Waals surface area contributed by atoms with Crippen LogP contribution in [-0.2, 0) is 4.79 Å². The van der Waals surface area contributed by atoms with Crippen LogP contribution in [0.3, 0.4) is 0 Å². The van der Waals surface area contributed by atoms with E-state index in [1.165, 1.54) is 4.70 Å². The number of benzene rings is 2. The number of amides is 1. The minimum absolute atomic E-state index is 0.0542. The van der Waals surface area contributed by atoms with Gasteiger partial charge in [-0.05, 0) is 43.7 Å². The molecule has 3 aromatic rings. The summed E-state index contributed by atoms with van der Waals surface area (Å²) in [5.41, 5.74) is 1.68. The third-order valence-corrected chi connectivity index (χ3v) is 6.38. The van der Waals surface area contributed by atoms with Gasteiger partial charge >= 0.3 is 0 Å². The van der Waals surface area contributed by atoms with Crippen LogP contribution in [0, 0.1) is 0 Å². The maximum absolute atomic E-state index is 12.8. The minimum atomic E-state index is -0.0542. The Labute approximate surface area is 174 Å². The van der Waals surface area contributed by atoms with Gasteiger partial charge in [0.1, 0.15) is 16.5 Å². The van der Waals surface area contributed by atoms with Crippen molar-refractivity contribution in [1.82, 2.24) is 9.88 Å². The number of ether oxygens (including phenoxy) is 2. The van der Waals surface area contributed by atoms with E-state index in [-0.39, 0.29) is 11.9 Å². The second-order valence-corrected chi connectivity index (χ2v) is 8.18. The predicted molar refractivity (Wildman–Crippen MR) is 116 cm³/mol. The highest BCUT2D eigenvalue weighted by molar-refractivity contribution is 7.18. The number of hydrogen-bond acceptors (Lipinski definition) is 6. The predicted octanol–water partition coefficient (Wildman–Crippen LogP) is 4.48. The summed E-state index contributed by atoms with van der Waals surface area (Å²) in [4.78, 5) is 19.9. The Kier molecular flexibility index (Phi) is 5.97. The van der Waals surface area contributed by atoms with Crippen molar-refractivity contribution < 1.29 is 14.3 Å². The van der Waals surface area contributed by atoms with Crippen molar-refractivity contribution in [3.63, 3.8) is 0 Å². The number of rotatable bonds is 6. The van der Waals surface area contributed by atoms with E-state index in [2.05, 4.69) is 16.3 Å². The van der Waals surface area contributed by atoms with Gasteiger partial charge in [-0.15, -0.1) is 11.3 Å². The Balaban J connectivity index is 1.48. The molecule has 4 rings (SSSR count). The van der Waals surface area contributed by atoms with Gasteiger partial charge in [-0.25, -0.2) is 4.98 Å². The van der Waals surface area contributed by atoms with E-state index in [1.54, 1.807) is 37.7 Å². The lowest BCUT2D eigenvalue weighted by Gasteiger charge is -2.33. The van der Waals surface area contributed by atoms with Crippen molar-refractivity contribution in [2.24, 2.45) is 0 Å². The van der Waals surface area contributed by atoms with E-state index in [0.717, 1.165) is 36.3 Å². The molecule has 1 amide bonds. The van der Waals surface area contributed by atoms with Gasteiger partial charge in [0.15, 0.2) is 0 Å². The highest BCUT2D eigenvalue weighted by atomic mass is 32.1. The molecule has 1 atom stereocenters. The smallest absolute Gasteiger partial charge is 0.238 e. The topological polar surface area (TPSA) is 63.7 Å². The van der Waals surface area contributed by atoms with Crippen LogP contribution >= 0.6 is 11.3 Å². The number of carbonyl (C=O) groups is 1. The molecule has 1 saturated heterocycles. The second-order valence-electron chi connectivity index (χ2n) is 7.12. The molecule has 1 fully saturated rings. The average molecular weight is 412 g/mol. The lowest BCUT2D eigenvalue weighted by Crippen LogP contribution is -2.39. The third-order valence-electron chi connectivity index (χ3n) is 5.24. The van der Waals surface area contributed by atoms with Crippen molar-refractivity contribution in [1.29, 1.82) is 0 Å². The number of fused-ring (bicyclic) bond motifs is 1. The maximum Gasteiger partial charge on any atom is 0.238 e. The van der Waals surface area contributed by atoms with Gasteiger partial charge in [0, 0.05) is 6.07 Å². The van der Waals surface area contributed by atoms with Crippen molar-refractivity contribution >= 4 is 33.1 Å². The van der Waals surface area contributed by atoms with Crippen LogP contribution in [0.4, 0.5) is 5.69 Å². The quantitative estimate of drug-likeness (QED) is 0.648. The summed E-state index contributed by atoms with van der Waals surface area (Å²) in [5, 5.41) is 4.08. The molecule has 0 saturated carbocycles. The van der Waals surface area contributed by atoms with E-state index in [1.807, 2.05) is 24.3 Å². The molecule has 1 aromatic heterocycles. The monoisotopic (exact) mass is 411 g/mol. The molecule has 29 heavy (non-hydrogen) atoms. The second kappa shape index (κ2) is 8.80. The average Bonchev–Trinajstić information content (AvgIpc) is 3.18. The first-order valence-electron chi connectivity index (χ1n) is 9.79. The van der Waals surface area contributed by atoms with Crippen LogP contribution < -0.4 is 14.8 Å². The molecule has 0 radical (unpaired) electrons. The Morgan fingerprint density at radius 2 is 2.07 bits per heavy atom. The normalized spacial score (nSPS) is 17.2. The summed E-state index contributed by atoms with van der Waals surface area (Å²) in [6, 6.07) is 13.8. The molecule has 0 aliphatic carbocycles. The summed E-state index contributed by atoms with van der Waals surface area (Å²) < 4.78 is 11.8. The Morgan fingerprint density at radius 3 is 2.86 bits per heavy atom. The molecule has 1 aliphatic rings. The van der Waals surface area contributed by atoms with Gasteiger partial charge in [0.05, 0.1) is 42.7 Å². The highest BCUT2D eigenvalue weighted by Gasteiger charge is 2.28. The van der Waals surface area contributed by atoms with Gasteiger partial charge < -0.3 is 14.8 Å². The van der Waals surface area contributed by atoms with E-state index in [4.69, 9.17) is 14.5 Å². The SMILES string of the molecule is COc1ccc(NC(=O)CN2CCCC[C@@H]2c2nc3ccccc3s2)c(OC)c1. The zero-order valence-electron chi connectivity index (χ0n) is 16.7. The molecule has 0 unspecified atom stereocenters. The first kappa shape index (κ1) is 19.7. The van der Waals surface area contributed by atoms with Crippen molar-refractivity contribution in [3.05, 3.63) is 47.5 Å². The first-order chi connectivity index (χ1) is 14.2. The van der Waals surface area contributed by atoms with Crippen LogP contribution in [0.1, 0.15) is 30.3 Å². The zero-order chi connectivity index (χ0) is 20.2. The molecule has 2 aromatic carbocycles. The van der Waals surface area contributed by atoms with Crippen LogP contribution in [0.5, 0.6) is 11.5 Å². The van der Waals surface area contributed by atoms with Crippen molar-refractivity contribution in [3.8, 4) is 11.5 Å². The molecule has 0 spiro atoms. The largest absolute Gasteiger partial charge is 0.497 e. The lowest BCUT2D eigenvalue weighted by molar-refractivity contribution is -0.118. The summed E-state index contributed by atoms with van der Waals surface area (Å²) in [6.45, 7) is 1.23. The number of para-hydroxylation sites is 1. The summed E-state index contributed by atoms with van der Waals surface area (Å²) in [5.74, 6) is 1.22. The Morgan fingerprint density at radius 1 is 1.21 bits per heavy atom. The molecule has 7 heteroatoms. The number of carbonyl (C=O) groups excluding carboxylic acids is 1. The number of hydrogen-bond donors (Lipinski definition) is 1. The van der Waals surface area contributed by atoms with Gasteiger partial charge in [0.2, 0.25) is 5.91 Å². The number of aromatic nitrogens is 1. The summed E-state index contributed by atoms with van der Waals surface area (Å²) in [7, 11) is 3.18. The maximum atomic E-state index is 12.8. The molecular weight excluding hydrogens is 386 g/mol. The van der Waals surface area contributed by atoms with Crippen LogP contribution in [0.15, 0.2) is 42.5 Å². The van der Waals surface area contributed by atoms with E-state index >= 15 is 0 Å². The zero-order valence-corrected chi connectivity index (χ0v) is 17.5. The Hall–Kier alpha value is -2.64. The molecule has 2 heterocycles. The molecule has 152 valence electrons. The van der Waals surface area contributed by atoms with Gasteiger partial charge in [-0.3, -0.25) is 9.69 Å². The van der Waals surface area contributed by atoms with E-state index in [0.29, 0.717) is 23.7 Å². The number of anilines is 1. The highest BCUT2D eigenvalue weighted by Crippen LogP contribution is 2.35. The molecule has 1 aliphatic heterocycles. The molecule has 6 nitrogen and oxygen atoms in total. The van der Waals surface area contributed by atoms with Gasteiger partial charge in [-0.2, -0.15) is 0 Å². The van der Waals surface area contributed by atoms with Gasteiger partial charge in [-0.1, -0.05) is 18.6 Å². The van der Waals surface area contributed by atoms with Crippen LogP contribution in [-0.4, -0.2) is 43.1 Å². The van der Waals surface area contributed by atoms with Crippen LogP contribution in [0.25, 0.3) is 10.2 Å². The number of piperidine rings is 1. The summed E-state index contributed by atoms with van der Waals surface area (Å²) >= 11 is 1.73. The van der Waals surface area contributed by atoms with Gasteiger partial charge in [0.25, 0.3) is 0 Å². The molecule has 0 bridgehead atoms. The van der Waals surface area contributed by atoms with Crippen molar-refractivity contribution in [2.75, 3.05) is 32.6 Å². The molecular formula is C22H25N3O3S. The molecule has 1 N–H and O–H groups in total. The fraction of sp³-hybridized carbons (Fsp3) is 0.364. The number of methoxy groups -OCH3 is 2. The fourth-order valence-corrected chi connectivity index (χ4v) is 4.91. The number of nitrogens with one attached hydrogen (secondary N) is 1. The lowest BCUT2D eigenvalue weighted by atomic mass is 10.0. The first-order valence-corrected chi connectivity index (χ1v) is 10.6.